The zero-order chi connectivity index (χ0) is 26.2. The Kier molecular flexibility index (Phi) is 7.76. The Bertz CT molecular complexity index is 1030. The molecule has 1 amide bonds. The minimum atomic E-state index is -0.235. The van der Waals surface area contributed by atoms with Gasteiger partial charge in [0.25, 0.3) is 0 Å². The van der Waals surface area contributed by atoms with Crippen molar-refractivity contribution >= 4 is 18.2 Å². The highest BCUT2D eigenvalue weighted by Crippen LogP contribution is 2.59. The predicted molar refractivity (Wildman–Crippen MR) is 144 cm³/mol. The lowest BCUT2D eigenvalue weighted by molar-refractivity contribution is -0.129. The zero-order valence-electron chi connectivity index (χ0n) is 23.0. The summed E-state index contributed by atoms with van der Waals surface area (Å²) in [5, 5.41) is 0. The summed E-state index contributed by atoms with van der Waals surface area (Å²) in [5.41, 5.74) is 3.71. The lowest BCUT2D eigenvalue weighted by atomic mass is 9.55. The van der Waals surface area contributed by atoms with Gasteiger partial charge in [-0.3, -0.25) is 4.79 Å². The number of aryl methyl sites for hydroxylation is 2. The molecular formula is C31H44N2O4. The van der Waals surface area contributed by atoms with Crippen molar-refractivity contribution in [3.63, 3.8) is 0 Å². The van der Waals surface area contributed by atoms with E-state index >= 15 is 0 Å². The Morgan fingerprint density at radius 3 is 2.68 bits per heavy atom. The topological polar surface area (TPSA) is 66.9 Å². The van der Waals surface area contributed by atoms with Gasteiger partial charge in [0.2, 0.25) is 0 Å². The molecule has 3 fully saturated rings. The van der Waals surface area contributed by atoms with Crippen LogP contribution < -0.4 is 4.74 Å². The van der Waals surface area contributed by atoms with Crippen molar-refractivity contribution in [2.24, 2.45) is 17.3 Å². The van der Waals surface area contributed by atoms with Crippen LogP contribution in [0.3, 0.4) is 0 Å². The van der Waals surface area contributed by atoms with Gasteiger partial charge < -0.3 is 19.3 Å². The minimum absolute atomic E-state index is 0.0954. The number of unbranched alkanes of at least 4 members (excludes halogenated alkanes) is 2. The number of rotatable bonds is 7. The average molecular weight is 509 g/mol. The lowest BCUT2D eigenvalue weighted by Gasteiger charge is -2.48. The third kappa shape index (κ3) is 5.10. The number of hydrogen-bond acceptors (Lipinski definition) is 5. The summed E-state index contributed by atoms with van der Waals surface area (Å²) in [6, 6.07) is 4.89. The van der Waals surface area contributed by atoms with Crippen molar-refractivity contribution in [1.82, 2.24) is 9.80 Å². The fourth-order valence-electron chi connectivity index (χ4n) is 8.01. The number of benzene rings is 1. The van der Waals surface area contributed by atoms with Gasteiger partial charge in [0.1, 0.15) is 17.8 Å². The second-order valence-corrected chi connectivity index (χ2v) is 12.4. The van der Waals surface area contributed by atoms with Gasteiger partial charge >= 0.3 is 6.09 Å². The molecule has 1 saturated heterocycles. The first-order chi connectivity index (χ1) is 17.8. The van der Waals surface area contributed by atoms with Crippen LogP contribution in [0.15, 0.2) is 12.1 Å². The Balaban J connectivity index is 1.19. The highest BCUT2D eigenvalue weighted by Gasteiger charge is 2.54. The molecule has 6 heteroatoms. The highest BCUT2D eigenvalue weighted by molar-refractivity contribution is 5.87. The zero-order valence-corrected chi connectivity index (χ0v) is 23.0. The molecule has 37 heavy (non-hydrogen) atoms. The normalized spacial score (nSPS) is 29.6. The van der Waals surface area contributed by atoms with E-state index in [9.17, 15) is 14.4 Å². The SMILES string of the molecule is Cc1cc2c(cc1OC(=O)N1CCC(N(C)CCCCC=O)CC1)CCC1C2CCC2(C)C(=O)CCC12. The molecule has 202 valence electrons. The van der Waals surface area contributed by atoms with Gasteiger partial charge in [-0.15, -0.1) is 0 Å². The maximum atomic E-state index is 13.1. The van der Waals surface area contributed by atoms with Crippen LogP contribution in [-0.2, 0) is 16.0 Å². The number of Topliss-reactive ketones (excluding diaryl/α,β-unsaturated/α-hetero) is 1. The first-order valence-corrected chi connectivity index (χ1v) is 14.6. The molecule has 6 nitrogen and oxygen atoms in total. The van der Waals surface area contributed by atoms with E-state index in [4.69, 9.17) is 4.74 Å². The van der Waals surface area contributed by atoms with Crippen molar-refractivity contribution in [2.45, 2.75) is 96.4 Å². The molecule has 1 aromatic rings. The second kappa shape index (κ2) is 10.9. The highest BCUT2D eigenvalue weighted by atomic mass is 16.6. The quantitative estimate of drug-likeness (QED) is 0.350. The number of ether oxygens (including phenoxy) is 1. The number of piperidine rings is 1. The average Bonchev–Trinajstić information content (AvgIpc) is 3.21. The first kappa shape index (κ1) is 26.4. The number of aldehydes is 1. The van der Waals surface area contributed by atoms with Gasteiger partial charge in [0.05, 0.1) is 0 Å². The maximum Gasteiger partial charge on any atom is 0.415 e. The van der Waals surface area contributed by atoms with Crippen molar-refractivity contribution in [3.8, 4) is 5.75 Å². The van der Waals surface area contributed by atoms with Gasteiger partial charge in [-0.1, -0.05) is 13.0 Å². The molecule has 2 saturated carbocycles. The molecule has 4 unspecified atom stereocenters. The number of likely N-dealkylation sites (tertiary alicyclic amines) is 1. The van der Waals surface area contributed by atoms with Gasteiger partial charge in [-0.25, -0.2) is 4.79 Å². The van der Waals surface area contributed by atoms with Crippen molar-refractivity contribution < 1.29 is 19.1 Å². The monoisotopic (exact) mass is 508 g/mol. The third-order valence-corrected chi connectivity index (χ3v) is 10.4. The number of fused-ring (bicyclic) bond motifs is 5. The van der Waals surface area contributed by atoms with Crippen molar-refractivity contribution in [3.05, 3.63) is 28.8 Å². The van der Waals surface area contributed by atoms with E-state index in [1.54, 1.807) is 0 Å². The van der Waals surface area contributed by atoms with Crippen molar-refractivity contribution in [2.75, 3.05) is 26.7 Å². The summed E-state index contributed by atoms with van der Waals surface area (Å²) in [5.74, 6) is 2.86. The Morgan fingerprint density at radius 1 is 1.14 bits per heavy atom. The van der Waals surface area contributed by atoms with Crippen LogP contribution in [0.25, 0.3) is 0 Å². The summed E-state index contributed by atoms with van der Waals surface area (Å²) in [6.45, 7) is 6.72. The van der Waals surface area contributed by atoms with Crippen LogP contribution in [-0.4, -0.2) is 60.7 Å². The van der Waals surface area contributed by atoms with Crippen molar-refractivity contribution in [1.29, 1.82) is 0 Å². The predicted octanol–water partition coefficient (Wildman–Crippen LogP) is 5.68. The van der Waals surface area contributed by atoms with Gasteiger partial charge in [-0.05, 0) is 119 Å². The fourth-order valence-corrected chi connectivity index (χ4v) is 8.01. The van der Waals surface area contributed by atoms with Crippen LogP contribution in [0.2, 0.25) is 0 Å². The van der Waals surface area contributed by atoms with E-state index in [0.29, 0.717) is 41.7 Å². The van der Waals surface area contributed by atoms with Crippen LogP contribution >= 0.6 is 0 Å². The van der Waals surface area contributed by atoms with E-state index in [-0.39, 0.29) is 11.5 Å². The second-order valence-electron chi connectivity index (χ2n) is 12.4. The summed E-state index contributed by atoms with van der Waals surface area (Å²) < 4.78 is 5.97. The largest absolute Gasteiger partial charge is 0.415 e. The molecule has 0 N–H and O–H groups in total. The maximum absolute atomic E-state index is 13.1. The number of amides is 1. The van der Waals surface area contributed by atoms with Gasteiger partial charge in [0, 0.05) is 37.4 Å². The smallest absolute Gasteiger partial charge is 0.410 e. The molecule has 0 bridgehead atoms. The molecule has 4 aliphatic rings. The number of carbonyl (C=O) groups is 3. The summed E-state index contributed by atoms with van der Waals surface area (Å²) >= 11 is 0. The third-order valence-electron chi connectivity index (χ3n) is 10.4. The standard InChI is InChI=1S/C31H44N2O4/c1-21-19-26-22(7-8-25-24(26)11-14-31(2)27(25)9-10-29(31)35)20-28(21)37-30(36)33-16-12-23(13-17-33)32(3)15-5-4-6-18-34/h18-20,23-25,27H,4-17H2,1-3H3. The fraction of sp³-hybridized carbons (Fsp3) is 0.710. The molecular weight excluding hydrogens is 464 g/mol. The lowest BCUT2D eigenvalue weighted by Crippen LogP contribution is -2.46. The number of hydrogen-bond donors (Lipinski definition) is 0. The van der Waals surface area contributed by atoms with E-state index in [2.05, 4.69) is 37.9 Å². The molecule has 1 heterocycles. The van der Waals surface area contributed by atoms with E-state index in [1.807, 2.05) is 4.90 Å². The summed E-state index contributed by atoms with van der Waals surface area (Å²) in [4.78, 5) is 40.4. The van der Waals surface area contributed by atoms with Crippen LogP contribution in [0.5, 0.6) is 5.75 Å². The number of carbonyl (C=O) groups excluding carboxylic acids is 3. The molecule has 4 atom stereocenters. The molecule has 1 aromatic carbocycles. The Morgan fingerprint density at radius 2 is 1.92 bits per heavy atom. The van der Waals surface area contributed by atoms with E-state index in [1.165, 1.54) is 11.1 Å². The summed E-state index contributed by atoms with van der Waals surface area (Å²) in [6.07, 6.45) is 11.4. The van der Waals surface area contributed by atoms with E-state index < -0.39 is 0 Å². The molecule has 0 radical (unpaired) electrons. The van der Waals surface area contributed by atoms with Gasteiger partial charge in [-0.2, -0.15) is 0 Å². The Labute approximate surface area is 222 Å². The van der Waals surface area contributed by atoms with Gasteiger partial charge in [0.15, 0.2) is 0 Å². The molecule has 5 rings (SSSR count). The minimum Gasteiger partial charge on any atom is -0.410 e. The van der Waals surface area contributed by atoms with Crippen LogP contribution in [0.4, 0.5) is 4.79 Å². The molecule has 0 aromatic heterocycles. The molecule has 0 spiro atoms. The van der Waals surface area contributed by atoms with Crippen LogP contribution in [0, 0.1) is 24.2 Å². The summed E-state index contributed by atoms with van der Waals surface area (Å²) in [7, 11) is 2.15. The number of ketones is 1. The molecule has 1 aliphatic heterocycles. The first-order valence-electron chi connectivity index (χ1n) is 14.6. The van der Waals surface area contributed by atoms with Crippen LogP contribution in [0.1, 0.15) is 93.7 Å². The van der Waals surface area contributed by atoms with E-state index in [0.717, 1.165) is 95.7 Å². The molecule has 3 aliphatic carbocycles. The Hall–Kier alpha value is -2.21. The number of nitrogens with zero attached hydrogens (tertiary/aromatic N) is 2.